The molecule has 18 heavy (non-hydrogen) atoms. The van der Waals surface area contributed by atoms with E-state index in [1.165, 1.54) is 5.56 Å². The molecule has 1 fully saturated rings. The number of rotatable bonds is 1. The number of anilines is 1. The van der Waals surface area contributed by atoms with Gasteiger partial charge in [0.05, 0.1) is 0 Å². The molecular formula is C15H19NO2. The van der Waals surface area contributed by atoms with Crippen molar-refractivity contribution in [2.24, 2.45) is 0 Å². The number of nitrogens with zero attached hydrogens (tertiary/aromatic N) is 1. The molecule has 1 amide bonds. The number of carbonyl (C=O) groups is 1. The maximum absolute atomic E-state index is 12.5. The van der Waals surface area contributed by atoms with E-state index in [9.17, 15) is 9.90 Å². The molecule has 0 bridgehead atoms. The van der Waals surface area contributed by atoms with Gasteiger partial charge >= 0.3 is 0 Å². The van der Waals surface area contributed by atoms with Crippen LogP contribution in [0, 0.1) is 6.92 Å². The second kappa shape index (κ2) is 4.09. The van der Waals surface area contributed by atoms with Crippen LogP contribution >= 0.6 is 0 Å². The molecule has 0 spiro atoms. The molecule has 0 radical (unpaired) electrons. The number of aliphatic hydroxyl groups is 1. The zero-order valence-electron chi connectivity index (χ0n) is 10.8. The van der Waals surface area contributed by atoms with Gasteiger partial charge < -0.3 is 10.0 Å². The van der Waals surface area contributed by atoms with Crippen molar-refractivity contribution in [3.63, 3.8) is 0 Å². The highest BCUT2D eigenvalue weighted by Gasteiger charge is 2.43. The first-order valence-corrected chi connectivity index (χ1v) is 6.74. The number of carbonyl (C=O) groups excluding carboxylic acids is 1. The summed E-state index contributed by atoms with van der Waals surface area (Å²) in [6.45, 7) is 2.74. The average molecular weight is 245 g/mol. The molecule has 1 aliphatic carbocycles. The number of fused-ring (bicyclic) bond motifs is 1. The van der Waals surface area contributed by atoms with E-state index in [0.717, 1.165) is 30.5 Å². The van der Waals surface area contributed by atoms with Gasteiger partial charge in [-0.05, 0) is 56.2 Å². The van der Waals surface area contributed by atoms with Crippen LogP contribution in [0.25, 0.3) is 0 Å². The lowest BCUT2D eigenvalue weighted by atomic mass is 10.0. The van der Waals surface area contributed by atoms with Gasteiger partial charge in [0.25, 0.3) is 5.91 Å². The third-order valence-corrected chi connectivity index (χ3v) is 4.21. The van der Waals surface area contributed by atoms with Crippen LogP contribution in [-0.2, 0) is 11.2 Å². The van der Waals surface area contributed by atoms with Gasteiger partial charge in [0.1, 0.15) is 5.60 Å². The normalized spacial score (nSPS) is 21.1. The van der Waals surface area contributed by atoms with Gasteiger partial charge in [0.15, 0.2) is 0 Å². The third-order valence-electron chi connectivity index (χ3n) is 4.21. The molecule has 3 nitrogen and oxygen atoms in total. The Hall–Kier alpha value is -1.35. The first-order valence-electron chi connectivity index (χ1n) is 6.74. The van der Waals surface area contributed by atoms with Crippen LogP contribution in [0.5, 0.6) is 0 Å². The van der Waals surface area contributed by atoms with E-state index >= 15 is 0 Å². The minimum atomic E-state index is -1.11. The lowest BCUT2D eigenvalue weighted by molar-refractivity contribution is -0.136. The fourth-order valence-electron chi connectivity index (χ4n) is 3.13. The molecule has 1 aromatic rings. The lowest BCUT2D eigenvalue weighted by Gasteiger charge is -2.28. The van der Waals surface area contributed by atoms with Crippen LogP contribution in [-0.4, -0.2) is 23.2 Å². The smallest absolute Gasteiger partial charge is 0.258 e. The molecule has 3 heteroatoms. The zero-order valence-corrected chi connectivity index (χ0v) is 10.8. The van der Waals surface area contributed by atoms with Crippen LogP contribution in [0.15, 0.2) is 18.2 Å². The van der Waals surface area contributed by atoms with Crippen molar-refractivity contribution in [1.29, 1.82) is 0 Å². The predicted octanol–water partition coefficient (Wildman–Crippen LogP) is 2.19. The Kier molecular flexibility index (Phi) is 2.67. The van der Waals surface area contributed by atoms with E-state index < -0.39 is 5.60 Å². The molecule has 0 aromatic heterocycles. The third kappa shape index (κ3) is 1.74. The average Bonchev–Trinajstić information content (AvgIpc) is 2.95. The zero-order chi connectivity index (χ0) is 12.8. The Labute approximate surface area is 107 Å². The molecule has 0 unspecified atom stereocenters. The van der Waals surface area contributed by atoms with Gasteiger partial charge in [-0.3, -0.25) is 4.79 Å². The maximum atomic E-state index is 12.5. The van der Waals surface area contributed by atoms with Crippen molar-refractivity contribution >= 4 is 11.6 Å². The van der Waals surface area contributed by atoms with Gasteiger partial charge in [-0.25, -0.2) is 0 Å². The van der Waals surface area contributed by atoms with E-state index in [-0.39, 0.29) is 5.91 Å². The number of aryl methyl sites for hydroxylation is 1. The molecule has 96 valence electrons. The molecule has 2 aliphatic rings. The fourth-order valence-corrected chi connectivity index (χ4v) is 3.13. The summed E-state index contributed by atoms with van der Waals surface area (Å²) in [5.74, 6) is -0.0932. The summed E-state index contributed by atoms with van der Waals surface area (Å²) in [4.78, 5) is 14.3. The van der Waals surface area contributed by atoms with Gasteiger partial charge in [0, 0.05) is 12.2 Å². The molecule has 1 N–H and O–H groups in total. The molecular weight excluding hydrogens is 226 g/mol. The monoisotopic (exact) mass is 245 g/mol. The summed E-state index contributed by atoms with van der Waals surface area (Å²) in [6, 6.07) is 6.23. The minimum absolute atomic E-state index is 0.0932. The first kappa shape index (κ1) is 11.7. The summed E-state index contributed by atoms with van der Waals surface area (Å²) in [5.41, 5.74) is 2.27. The molecule has 1 aromatic carbocycles. The van der Waals surface area contributed by atoms with Gasteiger partial charge in [-0.2, -0.15) is 0 Å². The van der Waals surface area contributed by atoms with Crippen LogP contribution in [0.4, 0.5) is 5.69 Å². The van der Waals surface area contributed by atoms with Crippen molar-refractivity contribution in [3.05, 3.63) is 29.3 Å². The second-order valence-corrected chi connectivity index (χ2v) is 5.58. The molecule has 1 aliphatic heterocycles. The lowest BCUT2D eigenvalue weighted by Crippen LogP contribution is -2.46. The minimum Gasteiger partial charge on any atom is -0.380 e. The highest BCUT2D eigenvalue weighted by Crippen LogP contribution is 2.36. The Morgan fingerprint density at radius 2 is 2.06 bits per heavy atom. The Balaban J connectivity index is 1.92. The summed E-state index contributed by atoms with van der Waals surface area (Å²) >= 11 is 0. The predicted molar refractivity (Wildman–Crippen MR) is 70.7 cm³/mol. The highest BCUT2D eigenvalue weighted by atomic mass is 16.3. The molecule has 0 atom stereocenters. The summed E-state index contributed by atoms with van der Waals surface area (Å²) in [7, 11) is 0. The second-order valence-electron chi connectivity index (χ2n) is 5.58. The van der Waals surface area contributed by atoms with Crippen LogP contribution in [0.1, 0.15) is 36.8 Å². The van der Waals surface area contributed by atoms with E-state index in [2.05, 4.69) is 18.2 Å². The summed E-state index contributed by atoms with van der Waals surface area (Å²) in [6.07, 6.45) is 4.04. The van der Waals surface area contributed by atoms with Crippen LogP contribution < -0.4 is 4.90 Å². The van der Waals surface area contributed by atoms with E-state index in [1.807, 2.05) is 6.92 Å². The van der Waals surface area contributed by atoms with E-state index in [4.69, 9.17) is 0 Å². The number of hydrogen-bond donors (Lipinski definition) is 1. The standard InChI is InChI=1S/C15H19NO2/c1-11-4-5-12-6-9-16(13(12)10-11)14(17)15(18)7-2-3-8-15/h4-5,10,18H,2-3,6-9H2,1H3. The van der Waals surface area contributed by atoms with Crippen molar-refractivity contribution in [3.8, 4) is 0 Å². The maximum Gasteiger partial charge on any atom is 0.258 e. The molecule has 1 saturated carbocycles. The molecule has 0 saturated heterocycles. The first-order chi connectivity index (χ1) is 8.60. The van der Waals surface area contributed by atoms with Gasteiger partial charge in [-0.1, -0.05) is 12.1 Å². The van der Waals surface area contributed by atoms with Crippen molar-refractivity contribution in [1.82, 2.24) is 0 Å². The number of hydrogen-bond acceptors (Lipinski definition) is 2. The van der Waals surface area contributed by atoms with Crippen molar-refractivity contribution < 1.29 is 9.90 Å². The number of amides is 1. The largest absolute Gasteiger partial charge is 0.380 e. The molecule has 3 rings (SSSR count). The van der Waals surface area contributed by atoms with E-state index in [0.29, 0.717) is 19.4 Å². The van der Waals surface area contributed by atoms with Crippen molar-refractivity contribution in [2.75, 3.05) is 11.4 Å². The van der Waals surface area contributed by atoms with Crippen LogP contribution in [0.3, 0.4) is 0 Å². The van der Waals surface area contributed by atoms with Gasteiger partial charge in [0.2, 0.25) is 0 Å². The Bertz CT molecular complexity index is 489. The van der Waals surface area contributed by atoms with E-state index in [1.54, 1.807) is 4.90 Å². The topological polar surface area (TPSA) is 40.5 Å². The van der Waals surface area contributed by atoms with Crippen molar-refractivity contribution in [2.45, 2.75) is 44.6 Å². The fraction of sp³-hybridized carbons (Fsp3) is 0.533. The summed E-state index contributed by atoms with van der Waals surface area (Å²) < 4.78 is 0. The highest BCUT2D eigenvalue weighted by molar-refractivity contribution is 6.01. The molecule has 1 heterocycles. The summed E-state index contributed by atoms with van der Waals surface area (Å²) in [5, 5.41) is 10.4. The number of benzene rings is 1. The quantitative estimate of drug-likeness (QED) is 0.824. The van der Waals surface area contributed by atoms with Crippen LogP contribution in [0.2, 0.25) is 0 Å². The Morgan fingerprint density at radius 1 is 1.33 bits per heavy atom. The Morgan fingerprint density at radius 3 is 2.78 bits per heavy atom. The van der Waals surface area contributed by atoms with Gasteiger partial charge in [-0.15, -0.1) is 0 Å². The SMILES string of the molecule is Cc1ccc2c(c1)N(C(=O)C1(O)CCCC1)CC2.